The summed E-state index contributed by atoms with van der Waals surface area (Å²) in [5.74, 6) is 0.696. The van der Waals surface area contributed by atoms with Gasteiger partial charge in [0, 0.05) is 16.9 Å². The molecule has 0 aliphatic heterocycles. The molecule has 36 heavy (non-hydrogen) atoms. The quantitative estimate of drug-likeness (QED) is 0.225. The summed E-state index contributed by atoms with van der Waals surface area (Å²) in [6, 6.07) is 38.0. The number of benzene rings is 5. The van der Waals surface area contributed by atoms with Gasteiger partial charge in [0.1, 0.15) is 0 Å². The molecular weight excluding hydrogens is 456 g/mol. The van der Waals surface area contributed by atoms with Crippen LogP contribution in [0.5, 0.6) is 0 Å². The lowest BCUT2D eigenvalue weighted by Gasteiger charge is -2.36. The molecule has 5 aromatic carbocycles. The highest BCUT2D eigenvalue weighted by molar-refractivity contribution is 6.30. The topological polar surface area (TPSA) is 0 Å². The lowest BCUT2D eigenvalue weighted by atomic mass is 9.65. The van der Waals surface area contributed by atoms with Gasteiger partial charge in [0.2, 0.25) is 0 Å². The minimum atomic E-state index is -0.230. The first-order valence-corrected chi connectivity index (χ1v) is 13.0. The van der Waals surface area contributed by atoms with Gasteiger partial charge in [-0.05, 0) is 85.6 Å². The number of hydrogen-bond donors (Lipinski definition) is 0. The Kier molecular flexibility index (Phi) is 4.14. The Hall–Kier alpha value is -3.87. The number of rotatable bonds is 1. The molecule has 0 heterocycles. The second-order valence-corrected chi connectivity index (χ2v) is 10.7. The smallest absolute Gasteiger partial charge is 0.0538 e. The molecule has 1 heteroatoms. The zero-order chi connectivity index (χ0) is 23.9. The van der Waals surface area contributed by atoms with E-state index < -0.39 is 0 Å². The Morgan fingerprint density at radius 3 is 2.19 bits per heavy atom. The van der Waals surface area contributed by atoms with E-state index in [9.17, 15) is 0 Å². The fraction of sp³-hybridized carbons (Fsp3) is 0.0857. The average molecular weight is 479 g/mol. The van der Waals surface area contributed by atoms with Gasteiger partial charge in [0.25, 0.3) is 0 Å². The van der Waals surface area contributed by atoms with E-state index in [1.54, 1.807) is 0 Å². The van der Waals surface area contributed by atoms with Crippen LogP contribution in [0.4, 0.5) is 0 Å². The van der Waals surface area contributed by atoms with Crippen molar-refractivity contribution in [2.24, 2.45) is 5.92 Å². The summed E-state index contributed by atoms with van der Waals surface area (Å²) in [5, 5.41) is 3.36. The Morgan fingerprint density at radius 2 is 1.31 bits per heavy atom. The molecule has 0 aromatic heterocycles. The van der Waals surface area contributed by atoms with E-state index in [1.165, 1.54) is 49.7 Å². The predicted octanol–water partition coefficient (Wildman–Crippen LogP) is 9.31. The van der Waals surface area contributed by atoms with Crippen molar-refractivity contribution in [3.8, 4) is 22.3 Å². The van der Waals surface area contributed by atoms with Crippen molar-refractivity contribution in [1.29, 1.82) is 0 Å². The fourth-order valence-electron chi connectivity index (χ4n) is 7.18. The molecule has 0 nitrogen and oxygen atoms in total. The molecule has 0 radical (unpaired) electrons. The van der Waals surface area contributed by atoms with Crippen LogP contribution >= 0.6 is 11.6 Å². The molecule has 3 unspecified atom stereocenters. The number of hydrogen-bond acceptors (Lipinski definition) is 0. The summed E-state index contributed by atoms with van der Waals surface area (Å²) in [6.45, 7) is 0. The molecular formula is C35H23Cl. The van der Waals surface area contributed by atoms with Crippen LogP contribution in [0.2, 0.25) is 5.02 Å². The van der Waals surface area contributed by atoms with Crippen LogP contribution in [0.1, 0.15) is 28.2 Å². The van der Waals surface area contributed by atoms with Gasteiger partial charge in [0.05, 0.1) is 5.41 Å². The Morgan fingerprint density at radius 1 is 0.556 bits per heavy atom. The van der Waals surface area contributed by atoms with Crippen molar-refractivity contribution >= 4 is 22.4 Å². The van der Waals surface area contributed by atoms with Crippen LogP contribution in [0.3, 0.4) is 0 Å². The highest BCUT2D eigenvalue weighted by Crippen LogP contribution is 2.65. The van der Waals surface area contributed by atoms with E-state index in [4.69, 9.17) is 11.6 Å². The monoisotopic (exact) mass is 478 g/mol. The molecule has 5 aromatic rings. The van der Waals surface area contributed by atoms with E-state index in [0.29, 0.717) is 11.8 Å². The van der Waals surface area contributed by atoms with Gasteiger partial charge < -0.3 is 0 Å². The lowest BCUT2D eigenvalue weighted by molar-refractivity contribution is 0.466. The molecule has 0 N–H and O–H groups in total. The Labute approximate surface area is 216 Å². The normalized spacial score (nSPS) is 22.5. The zero-order valence-corrected chi connectivity index (χ0v) is 20.4. The minimum Gasteiger partial charge on any atom is -0.0843 e. The summed E-state index contributed by atoms with van der Waals surface area (Å²) in [7, 11) is 0. The molecule has 0 saturated carbocycles. The van der Waals surface area contributed by atoms with Gasteiger partial charge in [-0.15, -0.1) is 0 Å². The van der Waals surface area contributed by atoms with Crippen molar-refractivity contribution in [2.45, 2.75) is 11.3 Å². The van der Waals surface area contributed by atoms with Gasteiger partial charge in [0.15, 0.2) is 0 Å². The highest BCUT2D eigenvalue weighted by atomic mass is 35.5. The lowest BCUT2D eigenvalue weighted by Crippen LogP contribution is -2.33. The molecule has 8 rings (SSSR count). The third-order valence-electron chi connectivity index (χ3n) is 8.58. The standard InChI is InChI=1S/C35H23Cl/c36-26-11-7-10-22(18-26)25-16-17-29-30-19-23-8-1-2-9-24(23)20-34(30)35(33(29)21-25)31-14-5-3-12-27(31)28-13-4-6-15-32(28)35/h1-21,27,31H. The Balaban J connectivity index is 1.51. The second kappa shape index (κ2) is 7.32. The average Bonchev–Trinajstić information content (AvgIpc) is 3.38. The molecule has 0 fully saturated rings. The van der Waals surface area contributed by atoms with Gasteiger partial charge in [-0.1, -0.05) is 109 Å². The van der Waals surface area contributed by atoms with Gasteiger partial charge >= 0.3 is 0 Å². The molecule has 170 valence electrons. The van der Waals surface area contributed by atoms with Gasteiger partial charge in [-0.3, -0.25) is 0 Å². The van der Waals surface area contributed by atoms with Crippen molar-refractivity contribution in [3.63, 3.8) is 0 Å². The van der Waals surface area contributed by atoms with Gasteiger partial charge in [-0.25, -0.2) is 0 Å². The number of fused-ring (bicyclic) bond motifs is 11. The van der Waals surface area contributed by atoms with Crippen LogP contribution in [0.15, 0.2) is 127 Å². The van der Waals surface area contributed by atoms with Crippen LogP contribution < -0.4 is 0 Å². The van der Waals surface area contributed by atoms with Crippen LogP contribution in [-0.2, 0) is 5.41 Å². The second-order valence-electron chi connectivity index (χ2n) is 10.2. The van der Waals surface area contributed by atoms with E-state index >= 15 is 0 Å². The van der Waals surface area contributed by atoms with E-state index in [1.807, 2.05) is 12.1 Å². The van der Waals surface area contributed by atoms with Crippen molar-refractivity contribution in [1.82, 2.24) is 0 Å². The molecule has 0 saturated heterocycles. The van der Waals surface area contributed by atoms with Crippen molar-refractivity contribution in [3.05, 3.63) is 155 Å². The first-order chi connectivity index (χ1) is 17.7. The molecule has 0 bridgehead atoms. The highest BCUT2D eigenvalue weighted by Gasteiger charge is 2.57. The summed E-state index contributed by atoms with van der Waals surface area (Å²) in [6.07, 6.45) is 9.31. The molecule has 3 atom stereocenters. The van der Waals surface area contributed by atoms with E-state index in [-0.39, 0.29) is 5.41 Å². The van der Waals surface area contributed by atoms with E-state index in [2.05, 4.69) is 115 Å². The summed E-state index contributed by atoms with van der Waals surface area (Å²) in [4.78, 5) is 0. The summed E-state index contributed by atoms with van der Waals surface area (Å²) in [5.41, 5.74) is 10.6. The number of halogens is 1. The van der Waals surface area contributed by atoms with Crippen LogP contribution in [0, 0.1) is 5.92 Å². The number of allylic oxidation sites excluding steroid dienone is 4. The first-order valence-electron chi connectivity index (χ1n) is 12.6. The van der Waals surface area contributed by atoms with E-state index in [0.717, 1.165) is 10.6 Å². The fourth-order valence-corrected chi connectivity index (χ4v) is 7.37. The summed E-state index contributed by atoms with van der Waals surface area (Å²) < 4.78 is 0. The summed E-state index contributed by atoms with van der Waals surface area (Å²) >= 11 is 6.41. The third-order valence-corrected chi connectivity index (χ3v) is 8.82. The van der Waals surface area contributed by atoms with Crippen molar-refractivity contribution < 1.29 is 0 Å². The van der Waals surface area contributed by atoms with Gasteiger partial charge in [-0.2, -0.15) is 0 Å². The van der Waals surface area contributed by atoms with Crippen LogP contribution in [-0.4, -0.2) is 0 Å². The largest absolute Gasteiger partial charge is 0.0843 e. The third kappa shape index (κ3) is 2.55. The predicted molar refractivity (Wildman–Crippen MR) is 151 cm³/mol. The maximum Gasteiger partial charge on any atom is 0.0538 e. The Bertz CT molecular complexity index is 1770. The first kappa shape index (κ1) is 20.3. The minimum absolute atomic E-state index is 0.230. The van der Waals surface area contributed by atoms with Crippen LogP contribution in [0.25, 0.3) is 33.0 Å². The zero-order valence-electron chi connectivity index (χ0n) is 19.7. The maximum atomic E-state index is 6.41. The molecule has 0 amide bonds. The van der Waals surface area contributed by atoms with Crippen molar-refractivity contribution in [2.75, 3.05) is 0 Å². The molecule has 1 spiro atoms. The molecule has 3 aliphatic rings. The SMILES string of the molecule is Clc1cccc(-c2ccc3c(c2)C2(c4cc5ccccc5cc4-3)c3ccccc3C3C=CC=CC32)c1. The maximum absolute atomic E-state index is 6.41. The molecule has 3 aliphatic carbocycles.